The summed E-state index contributed by atoms with van der Waals surface area (Å²) >= 11 is 0. The predicted octanol–water partition coefficient (Wildman–Crippen LogP) is 3.52. The molecule has 0 bridgehead atoms. The van der Waals surface area contributed by atoms with E-state index in [1.165, 1.54) is 58.5 Å². The zero-order valence-electron chi connectivity index (χ0n) is 19.4. The Morgan fingerprint density at radius 3 is 2.06 bits per heavy atom. The van der Waals surface area contributed by atoms with E-state index in [0.717, 1.165) is 19.3 Å². The van der Waals surface area contributed by atoms with Gasteiger partial charge in [0.2, 0.25) is 5.91 Å². The zero-order chi connectivity index (χ0) is 22.9. The quantitative estimate of drug-likeness (QED) is 0.136. The van der Waals surface area contributed by atoms with E-state index in [4.69, 9.17) is 19.4 Å². The molecule has 8 nitrogen and oxygen atoms in total. The van der Waals surface area contributed by atoms with Crippen molar-refractivity contribution in [2.75, 3.05) is 20.3 Å². The van der Waals surface area contributed by atoms with E-state index in [-0.39, 0.29) is 25.6 Å². The van der Waals surface area contributed by atoms with Gasteiger partial charge < -0.3 is 19.3 Å². The summed E-state index contributed by atoms with van der Waals surface area (Å²) in [4.78, 5) is 24.0. The number of amides is 1. The summed E-state index contributed by atoms with van der Waals surface area (Å²) in [6, 6.07) is 0. The number of unbranched alkanes of at least 4 members (excludes halogenated alkanes) is 10. The van der Waals surface area contributed by atoms with Crippen LogP contribution >= 0.6 is 0 Å². The number of ether oxygens (including phenoxy) is 3. The van der Waals surface area contributed by atoms with Crippen molar-refractivity contribution in [2.45, 2.75) is 109 Å². The lowest BCUT2D eigenvalue weighted by Gasteiger charge is -2.40. The van der Waals surface area contributed by atoms with Gasteiger partial charge in [-0.3, -0.25) is 14.8 Å². The van der Waals surface area contributed by atoms with Gasteiger partial charge in [0.25, 0.3) is 0 Å². The Kier molecular flexibility index (Phi) is 15.6. The average molecular weight is 446 g/mol. The van der Waals surface area contributed by atoms with Crippen LogP contribution in [0.2, 0.25) is 0 Å². The van der Waals surface area contributed by atoms with E-state index in [0.29, 0.717) is 6.42 Å². The number of carbonyl (C=O) groups is 2. The lowest BCUT2D eigenvalue weighted by molar-refractivity contribution is -0.206. The van der Waals surface area contributed by atoms with Crippen LogP contribution in [0, 0.1) is 5.92 Å². The number of methoxy groups -OCH3 is 1. The average Bonchev–Trinajstić information content (AvgIpc) is 2.78. The molecule has 0 aromatic heterocycles. The van der Waals surface area contributed by atoms with Gasteiger partial charge in [-0.25, -0.2) is 5.48 Å². The maximum absolute atomic E-state index is 12.4. The van der Waals surface area contributed by atoms with Crippen molar-refractivity contribution < 1.29 is 34.1 Å². The van der Waals surface area contributed by atoms with E-state index in [2.05, 4.69) is 6.92 Å². The molecule has 0 radical (unpaired) electrons. The third kappa shape index (κ3) is 11.3. The van der Waals surface area contributed by atoms with Crippen molar-refractivity contribution in [3.8, 4) is 0 Å². The molecule has 182 valence electrons. The monoisotopic (exact) mass is 445 g/mol. The third-order valence-electron chi connectivity index (χ3n) is 5.96. The molecule has 4 atom stereocenters. The Morgan fingerprint density at radius 1 is 0.968 bits per heavy atom. The van der Waals surface area contributed by atoms with Gasteiger partial charge in [0.1, 0.15) is 18.3 Å². The number of hydroxylamine groups is 1. The lowest BCUT2D eigenvalue weighted by Crippen LogP contribution is -2.54. The second-order valence-corrected chi connectivity index (χ2v) is 8.49. The van der Waals surface area contributed by atoms with Crippen LogP contribution in [0.15, 0.2) is 0 Å². The van der Waals surface area contributed by atoms with E-state index >= 15 is 0 Å². The largest absolute Gasteiger partial charge is 0.459 e. The van der Waals surface area contributed by atoms with Crippen LogP contribution in [0.5, 0.6) is 0 Å². The molecule has 8 heteroatoms. The second kappa shape index (κ2) is 17.3. The minimum atomic E-state index is -0.714. The van der Waals surface area contributed by atoms with Crippen LogP contribution in [0.3, 0.4) is 0 Å². The molecule has 1 fully saturated rings. The highest BCUT2D eigenvalue weighted by Crippen LogP contribution is 2.28. The van der Waals surface area contributed by atoms with Crippen LogP contribution in [-0.2, 0) is 23.8 Å². The summed E-state index contributed by atoms with van der Waals surface area (Å²) in [7, 11) is 1.45. The van der Waals surface area contributed by atoms with E-state index < -0.39 is 30.1 Å². The molecule has 0 aliphatic carbocycles. The van der Waals surface area contributed by atoms with Gasteiger partial charge in [-0.05, 0) is 6.42 Å². The Balaban J connectivity index is 2.31. The van der Waals surface area contributed by atoms with E-state index in [1.807, 2.05) is 0 Å². The lowest BCUT2D eigenvalue weighted by atomic mass is 9.89. The molecule has 1 amide bonds. The highest BCUT2D eigenvalue weighted by atomic mass is 16.6. The Hall–Kier alpha value is -1.22. The van der Waals surface area contributed by atoms with Gasteiger partial charge in [-0.2, -0.15) is 0 Å². The number of aliphatic hydroxyl groups is 1. The normalized spacial score (nSPS) is 23.5. The van der Waals surface area contributed by atoms with Crippen molar-refractivity contribution in [3.63, 3.8) is 0 Å². The first kappa shape index (κ1) is 27.8. The number of nitrogens with one attached hydrogen (secondary N) is 1. The number of rotatable bonds is 17. The van der Waals surface area contributed by atoms with E-state index in [1.54, 1.807) is 5.48 Å². The highest BCUT2D eigenvalue weighted by molar-refractivity contribution is 5.75. The van der Waals surface area contributed by atoms with Gasteiger partial charge in [-0.1, -0.05) is 71.1 Å². The summed E-state index contributed by atoms with van der Waals surface area (Å²) in [6.07, 6.45) is 11.5. The van der Waals surface area contributed by atoms with Crippen molar-refractivity contribution in [1.29, 1.82) is 0 Å². The molecular weight excluding hydrogens is 402 g/mol. The molecule has 0 spiro atoms. The molecule has 3 N–H and O–H groups in total. The van der Waals surface area contributed by atoms with E-state index in [9.17, 15) is 14.7 Å². The SMILES string of the molecule is CCCCCCCCCCCCCC(=O)O[C@@H]1[C@@H](CC(=O)NO)CO[C@H](CO)[C@H]1OC. The smallest absolute Gasteiger partial charge is 0.306 e. The number of carbonyl (C=O) groups excluding carboxylic acids is 2. The third-order valence-corrected chi connectivity index (χ3v) is 5.96. The van der Waals surface area contributed by atoms with Crippen molar-refractivity contribution in [1.82, 2.24) is 5.48 Å². The highest BCUT2D eigenvalue weighted by Gasteiger charge is 2.43. The van der Waals surface area contributed by atoms with Gasteiger partial charge in [0, 0.05) is 25.9 Å². The number of esters is 1. The molecule has 31 heavy (non-hydrogen) atoms. The number of aliphatic hydroxyl groups excluding tert-OH is 1. The first-order valence-electron chi connectivity index (χ1n) is 11.9. The van der Waals surface area contributed by atoms with Gasteiger partial charge in [0.15, 0.2) is 0 Å². The van der Waals surface area contributed by atoms with Crippen LogP contribution in [-0.4, -0.2) is 60.8 Å². The maximum atomic E-state index is 12.4. The minimum absolute atomic E-state index is 0.0646. The summed E-state index contributed by atoms with van der Waals surface area (Å²) in [5.74, 6) is -1.38. The molecule has 0 aromatic carbocycles. The Morgan fingerprint density at radius 2 is 1.55 bits per heavy atom. The first-order valence-corrected chi connectivity index (χ1v) is 11.9. The molecule has 0 unspecified atom stereocenters. The van der Waals surface area contributed by atoms with Crippen molar-refractivity contribution in [3.05, 3.63) is 0 Å². The van der Waals surface area contributed by atoms with Gasteiger partial charge in [0.05, 0.1) is 13.2 Å². The van der Waals surface area contributed by atoms with Crippen LogP contribution in [0.1, 0.15) is 90.4 Å². The fourth-order valence-corrected chi connectivity index (χ4v) is 4.13. The summed E-state index contributed by atoms with van der Waals surface area (Å²) in [5.41, 5.74) is 1.59. The summed E-state index contributed by atoms with van der Waals surface area (Å²) in [6.45, 7) is 2.09. The van der Waals surface area contributed by atoms with Crippen molar-refractivity contribution in [2.24, 2.45) is 5.92 Å². The number of hydrogen-bond donors (Lipinski definition) is 3. The van der Waals surface area contributed by atoms with Gasteiger partial charge >= 0.3 is 5.97 Å². The fraction of sp³-hybridized carbons (Fsp3) is 0.913. The molecule has 1 saturated heterocycles. The maximum Gasteiger partial charge on any atom is 0.306 e. The summed E-state index contributed by atoms with van der Waals surface area (Å²) < 4.78 is 16.6. The standard InChI is InChI=1S/C23H43NO7/c1-3-4-5-6-7-8-9-10-11-12-13-14-21(27)31-22-18(15-20(26)24-28)17-30-19(16-25)23(22)29-2/h18-19,22-23,25,28H,3-17H2,1-2H3,(H,24,26)/t18-,19+,22+,23+/m0/s1. The zero-order valence-corrected chi connectivity index (χ0v) is 19.4. The molecule has 1 heterocycles. The first-order chi connectivity index (χ1) is 15.1. The second-order valence-electron chi connectivity index (χ2n) is 8.49. The Bertz CT molecular complexity index is 489. The molecule has 0 saturated carbocycles. The van der Waals surface area contributed by atoms with Gasteiger partial charge in [-0.15, -0.1) is 0 Å². The topological polar surface area (TPSA) is 114 Å². The fourth-order valence-electron chi connectivity index (χ4n) is 4.13. The predicted molar refractivity (Wildman–Crippen MR) is 117 cm³/mol. The molecule has 0 aromatic rings. The van der Waals surface area contributed by atoms with Crippen molar-refractivity contribution >= 4 is 11.9 Å². The van der Waals surface area contributed by atoms with Crippen LogP contribution in [0.4, 0.5) is 0 Å². The molecule has 1 aliphatic heterocycles. The Labute approximate surface area is 187 Å². The van der Waals surface area contributed by atoms with Crippen LogP contribution < -0.4 is 5.48 Å². The van der Waals surface area contributed by atoms with Crippen LogP contribution in [0.25, 0.3) is 0 Å². The molecular formula is C23H43NO7. The molecule has 1 aliphatic rings. The minimum Gasteiger partial charge on any atom is -0.459 e. The summed E-state index contributed by atoms with van der Waals surface area (Å²) in [5, 5.41) is 18.3. The number of hydrogen-bond acceptors (Lipinski definition) is 7. The molecule has 1 rings (SSSR count).